The Kier molecular flexibility index (Phi) is 4.49. The van der Waals surface area contributed by atoms with Crippen LogP contribution in [0.25, 0.3) is 0 Å². The molecule has 0 aliphatic rings. The molecule has 1 rings (SSSR count). The number of hydrogen-bond donors (Lipinski definition) is 1. The van der Waals surface area contributed by atoms with E-state index >= 15 is 0 Å². The van der Waals surface area contributed by atoms with Crippen LogP contribution in [0.3, 0.4) is 0 Å². The highest BCUT2D eigenvalue weighted by atomic mass is 32.2. The van der Waals surface area contributed by atoms with Crippen molar-refractivity contribution >= 4 is 22.3 Å². The van der Waals surface area contributed by atoms with Crippen molar-refractivity contribution < 1.29 is 23.1 Å². The zero-order chi connectivity index (χ0) is 14.6. The fraction of sp³-hybridized carbons (Fsp3) is 0.273. The molecule has 8 heteroatoms. The highest BCUT2D eigenvalue weighted by Crippen LogP contribution is 2.23. The molecule has 19 heavy (non-hydrogen) atoms. The Hall–Kier alpha value is -2.09. The van der Waals surface area contributed by atoms with Crippen molar-refractivity contribution in [3.8, 4) is 5.75 Å². The predicted molar refractivity (Wildman–Crippen MR) is 68.8 cm³/mol. The Morgan fingerprint density at radius 3 is 2.58 bits per heavy atom. The maximum Gasteiger partial charge on any atom is 0.341 e. The smallest absolute Gasteiger partial charge is 0.341 e. The molecule has 1 aromatic rings. The zero-order valence-corrected chi connectivity index (χ0v) is 11.5. The maximum atomic E-state index is 11.9. The number of phenols is 1. The molecule has 0 spiro atoms. The molecule has 0 bridgehead atoms. The van der Waals surface area contributed by atoms with Crippen molar-refractivity contribution in [1.82, 2.24) is 4.90 Å². The summed E-state index contributed by atoms with van der Waals surface area (Å²) in [4.78, 5) is 12.6. The van der Waals surface area contributed by atoms with Gasteiger partial charge in [0.2, 0.25) is 0 Å². The second-order valence-electron chi connectivity index (χ2n) is 3.83. The molecule has 0 aliphatic heterocycles. The van der Waals surface area contributed by atoms with Crippen LogP contribution < -0.4 is 0 Å². The number of aromatic hydroxyl groups is 1. The molecule has 0 atom stereocenters. The van der Waals surface area contributed by atoms with Gasteiger partial charge in [0.05, 0.1) is 12.0 Å². The SMILES string of the molecule is COC(=O)c1cc(S(=O)(=O)N=CN(C)C)ccc1O. The molecule has 0 heterocycles. The summed E-state index contributed by atoms with van der Waals surface area (Å²) >= 11 is 0. The quantitative estimate of drug-likeness (QED) is 0.490. The van der Waals surface area contributed by atoms with Gasteiger partial charge in [-0.2, -0.15) is 8.42 Å². The van der Waals surface area contributed by atoms with E-state index in [9.17, 15) is 18.3 Å². The van der Waals surface area contributed by atoms with E-state index in [0.717, 1.165) is 31.6 Å². The molecule has 0 radical (unpaired) electrons. The monoisotopic (exact) mass is 286 g/mol. The van der Waals surface area contributed by atoms with Crippen LogP contribution in [0.4, 0.5) is 0 Å². The molecule has 0 saturated carbocycles. The lowest BCUT2D eigenvalue weighted by Gasteiger charge is -2.06. The van der Waals surface area contributed by atoms with Crippen LogP contribution in [-0.2, 0) is 14.8 Å². The van der Waals surface area contributed by atoms with E-state index in [1.54, 1.807) is 14.1 Å². The van der Waals surface area contributed by atoms with Crippen LogP contribution in [0.15, 0.2) is 27.5 Å². The van der Waals surface area contributed by atoms with E-state index in [1.165, 1.54) is 4.90 Å². The van der Waals surface area contributed by atoms with E-state index in [1.807, 2.05) is 0 Å². The first-order chi connectivity index (χ1) is 8.77. The van der Waals surface area contributed by atoms with Gasteiger partial charge < -0.3 is 14.7 Å². The standard InChI is InChI=1S/C11H14N2O5S/c1-13(2)7-12-19(16,17)8-4-5-10(14)9(6-8)11(15)18-3/h4-7,14H,1-3H3. The van der Waals surface area contributed by atoms with Crippen molar-refractivity contribution in [3.05, 3.63) is 23.8 Å². The molecule has 1 N–H and O–H groups in total. The van der Waals surface area contributed by atoms with Crippen LogP contribution in [-0.4, -0.2) is 51.9 Å². The first kappa shape index (κ1) is 15.0. The van der Waals surface area contributed by atoms with E-state index in [2.05, 4.69) is 9.13 Å². The van der Waals surface area contributed by atoms with Gasteiger partial charge in [0.1, 0.15) is 17.7 Å². The number of benzene rings is 1. The lowest BCUT2D eigenvalue weighted by Crippen LogP contribution is -2.10. The van der Waals surface area contributed by atoms with Gasteiger partial charge in [-0.3, -0.25) is 0 Å². The van der Waals surface area contributed by atoms with Crippen LogP contribution in [0.1, 0.15) is 10.4 Å². The largest absolute Gasteiger partial charge is 0.507 e. The fourth-order valence-corrected chi connectivity index (χ4v) is 2.11. The number of methoxy groups -OCH3 is 1. The molecule has 104 valence electrons. The van der Waals surface area contributed by atoms with Crippen LogP contribution >= 0.6 is 0 Å². The minimum atomic E-state index is -3.93. The molecule has 0 saturated heterocycles. The van der Waals surface area contributed by atoms with Crippen molar-refractivity contribution in [2.75, 3.05) is 21.2 Å². The summed E-state index contributed by atoms with van der Waals surface area (Å²) in [5.41, 5.74) is -0.233. The van der Waals surface area contributed by atoms with Gasteiger partial charge in [0, 0.05) is 14.1 Å². The molecular weight excluding hydrogens is 272 g/mol. The number of phenolic OH excluding ortho intramolecular Hbond substituents is 1. The first-order valence-corrected chi connectivity index (χ1v) is 6.60. The second-order valence-corrected chi connectivity index (χ2v) is 5.46. The Balaban J connectivity index is 3.26. The average molecular weight is 286 g/mol. The van der Waals surface area contributed by atoms with E-state index in [-0.39, 0.29) is 16.2 Å². The molecule has 0 aliphatic carbocycles. The Morgan fingerprint density at radius 2 is 2.05 bits per heavy atom. The maximum absolute atomic E-state index is 11.9. The van der Waals surface area contributed by atoms with Crippen molar-refractivity contribution in [3.63, 3.8) is 0 Å². The number of ether oxygens (including phenoxy) is 1. The molecule has 0 amide bonds. The number of esters is 1. The topological polar surface area (TPSA) is 96.3 Å². The average Bonchev–Trinajstić information content (AvgIpc) is 2.36. The summed E-state index contributed by atoms with van der Waals surface area (Å²) in [5, 5.41) is 9.48. The summed E-state index contributed by atoms with van der Waals surface area (Å²) in [6, 6.07) is 3.28. The molecular formula is C11H14N2O5S. The van der Waals surface area contributed by atoms with Crippen molar-refractivity contribution in [2.45, 2.75) is 4.90 Å². The minimum absolute atomic E-state index is 0.205. The highest BCUT2D eigenvalue weighted by molar-refractivity contribution is 7.90. The number of nitrogens with zero attached hydrogens (tertiary/aromatic N) is 2. The number of carbonyl (C=O) groups excluding carboxylic acids is 1. The third kappa shape index (κ3) is 3.68. The van der Waals surface area contributed by atoms with E-state index < -0.39 is 16.0 Å². The summed E-state index contributed by atoms with van der Waals surface area (Å²) in [6.07, 6.45) is 1.13. The number of sulfonamides is 1. The fourth-order valence-electron chi connectivity index (χ4n) is 1.17. The van der Waals surface area contributed by atoms with Crippen LogP contribution in [0.5, 0.6) is 5.75 Å². The molecule has 0 fully saturated rings. The van der Waals surface area contributed by atoms with Gasteiger partial charge in [-0.25, -0.2) is 4.79 Å². The zero-order valence-electron chi connectivity index (χ0n) is 10.7. The number of rotatable bonds is 4. The normalized spacial score (nSPS) is 11.5. The van der Waals surface area contributed by atoms with Crippen LogP contribution in [0.2, 0.25) is 0 Å². The van der Waals surface area contributed by atoms with Gasteiger partial charge in [-0.15, -0.1) is 4.40 Å². The molecule has 0 unspecified atom stereocenters. The summed E-state index contributed by atoms with van der Waals surface area (Å²) in [5.74, 6) is -1.19. The van der Waals surface area contributed by atoms with E-state index in [0.29, 0.717) is 0 Å². The van der Waals surface area contributed by atoms with E-state index in [4.69, 9.17) is 0 Å². The van der Waals surface area contributed by atoms with Crippen molar-refractivity contribution in [1.29, 1.82) is 0 Å². The summed E-state index contributed by atoms with van der Waals surface area (Å²) < 4.78 is 31.6. The Labute approximate surface area is 111 Å². The number of carbonyl (C=O) groups is 1. The van der Waals surface area contributed by atoms with Gasteiger partial charge in [0.25, 0.3) is 10.0 Å². The molecule has 0 aromatic heterocycles. The third-order valence-electron chi connectivity index (χ3n) is 2.09. The predicted octanol–water partition coefficient (Wildman–Crippen LogP) is 0.457. The first-order valence-electron chi connectivity index (χ1n) is 5.16. The van der Waals surface area contributed by atoms with Gasteiger partial charge in [-0.05, 0) is 18.2 Å². The summed E-state index contributed by atoms with van der Waals surface area (Å²) in [6.45, 7) is 0. The number of hydrogen-bond acceptors (Lipinski definition) is 5. The lowest BCUT2D eigenvalue weighted by molar-refractivity contribution is 0.0597. The van der Waals surface area contributed by atoms with Gasteiger partial charge >= 0.3 is 5.97 Å². The van der Waals surface area contributed by atoms with Crippen molar-refractivity contribution in [2.24, 2.45) is 4.40 Å². The Morgan fingerprint density at radius 1 is 1.42 bits per heavy atom. The van der Waals surface area contributed by atoms with Crippen LogP contribution in [0, 0.1) is 0 Å². The third-order valence-corrected chi connectivity index (χ3v) is 3.31. The Bertz CT molecular complexity index is 608. The van der Waals surface area contributed by atoms with Gasteiger partial charge in [0.15, 0.2) is 0 Å². The highest BCUT2D eigenvalue weighted by Gasteiger charge is 2.18. The van der Waals surface area contributed by atoms with Gasteiger partial charge in [-0.1, -0.05) is 0 Å². The molecule has 7 nitrogen and oxygen atoms in total. The summed E-state index contributed by atoms with van der Waals surface area (Å²) in [7, 11) is 0.446. The minimum Gasteiger partial charge on any atom is -0.507 e. The second kappa shape index (κ2) is 5.70. The molecule has 1 aromatic carbocycles. The lowest BCUT2D eigenvalue weighted by atomic mass is 10.2.